The van der Waals surface area contributed by atoms with Gasteiger partial charge in [-0.15, -0.1) is 0 Å². The fourth-order valence-electron chi connectivity index (χ4n) is 1.92. The van der Waals surface area contributed by atoms with E-state index < -0.39 is 33.3 Å². The Kier molecular flexibility index (Phi) is 29.9. The van der Waals surface area contributed by atoms with Crippen molar-refractivity contribution in [3.05, 3.63) is 0 Å². The monoisotopic (exact) mass is 465 g/mol. The molecule has 0 atom stereocenters. The molecule has 0 aromatic heterocycles. The number of unbranched alkanes of at least 4 members (excludes halogenated alkanes) is 9. The number of rotatable bonds is 14. The van der Waals surface area contributed by atoms with Gasteiger partial charge in [0.05, 0.1) is 13.2 Å². The van der Waals surface area contributed by atoms with Crippen LogP contribution in [-0.4, -0.2) is 45.1 Å². The van der Waals surface area contributed by atoms with Crippen LogP contribution in [0.25, 0.3) is 0 Å². The van der Waals surface area contributed by atoms with E-state index >= 15 is 0 Å². The Morgan fingerprint density at radius 1 is 0.821 bits per heavy atom. The Bertz CT molecular complexity index is 549. The summed E-state index contributed by atoms with van der Waals surface area (Å²) in [6, 6.07) is 0. The van der Waals surface area contributed by atoms with Crippen LogP contribution in [0.15, 0.2) is 0 Å². The van der Waals surface area contributed by atoms with Crippen LogP contribution in [0.4, 0.5) is 0 Å². The maximum absolute atomic E-state index is 11.1. The Morgan fingerprint density at radius 3 is 1.54 bits per heavy atom. The molecular formula is C14H29NNa2O9S2. The van der Waals surface area contributed by atoms with Gasteiger partial charge in [-0.25, -0.2) is 8.98 Å². The molecule has 0 amide bonds. The third kappa shape index (κ3) is 37.9. The summed E-state index contributed by atoms with van der Waals surface area (Å²) in [7, 11) is -9.40. The zero-order chi connectivity index (χ0) is 20.5. The fraction of sp³-hybridized carbons (Fsp3) is 0.929. The van der Waals surface area contributed by atoms with Gasteiger partial charge < -0.3 is 19.0 Å². The molecule has 10 nitrogen and oxygen atoms in total. The minimum Gasteiger partial charge on any atom is -0.759 e. The summed E-state index contributed by atoms with van der Waals surface area (Å²) in [5, 5.41) is 0. The third-order valence-corrected chi connectivity index (χ3v) is 3.93. The predicted molar refractivity (Wildman–Crippen MR) is 92.3 cm³/mol. The molecule has 0 aromatic carbocycles. The maximum Gasteiger partial charge on any atom is 1.00 e. The first-order valence-corrected chi connectivity index (χ1v) is 11.2. The van der Waals surface area contributed by atoms with Crippen LogP contribution in [0.2, 0.25) is 0 Å². The van der Waals surface area contributed by atoms with E-state index in [-0.39, 0.29) is 65.7 Å². The molecule has 0 radical (unpaired) electrons. The standard InChI is InChI=1S/C14H29NO5S.2Na.H2O4S/c1-2-3-4-5-6-7-8-9-10-11-12-19-21(17,18)20-14(16)13-15;;;1-5(2,3)4/h2-13,15H2,1H3;;;(H2,1,2,3,4)/q;2*+1;/p-2. The molecule has 14 heteroatoms. The van der Waals surface area contributed by atoms with Crippen molar-refractivity contribution >= 4 is 26.8 Å². The van der Waals surface area contributed by atoms with Crippen molar-refractivity contribution < 1.29 is 98.2 Å². The van der Waals surface area contributed by atoms with E-state index in [0.717, 1.165) is 12.8 Å². The largest absolute Gasteiger partial charge is 1.00 e. The Balaban J connectivity index is -0.000000364. The van der Waals surface area contributed by atoms with Crippen molar-refractivity contribution in [1.82, 2.24) is 0 Å². The molecule has 0 fully saturated rings. The van der Waals surface area contributed by atoms with Crippen molar-refractivity contribution in [2.24, 2.45) is 5.73 Å². The van der Waals surface area contributed by atoms with Crippen molar-refractivity contribution in [2.75, 3.05) is 13.2 Å². The SMILES string of the molecule is CCCCCCCCCCCCOS(=O)(=O)OC(=O)CN.O=S(=O)([O-])[O-].[Na+].[Na+]. The smallest absolute Gasteiger partial charge is 0.759 e. The third-order valence-electron chi connectivity index (χ3n) is 3.09. The topological polar surface area (TPSA) is 176 Å². The van der Waals surface area contributed by atoms with Crippen LogP contribution in [0, 0.1) is 0 Å². The van der Waals surface area contributed by atoms with Crippen LogP contribution < -0.4 is 64.8 Å². The van der Waals surface area contributed by atoms with Crippen molar-refractivity contribution in [2.45, 2.75) is 71.1 Å². The summed E-state index contributed by atoms with van der Waals surface area (Å²) in [5.41, 5.74) is 4.95. The van der Waals surface area contributed by atoms with Gasteiger partial charge in [-0.2, -0.15) is 8.42 Å². The Morgan fingerprint density at radius 2 is 1.18 bits per heavy atom. The van der Waals surface area contributed by atoms with Crippen LogP contribution in [0.3, 0.4) is 0 Å². The molecule has 28 heavy (non-hydrogen) atoms. The normalized spacial score (nSPS) is 10.7. The number of carbonyl (C=O) groups excluding carboxylic acids is 1. The van der Waals surface area contributed by atoms with Gasteiger partial charge in [0.15, 0.2) is 0 Å². The van der Waals surface area contributed by atoms with Gasteiger partial charge in [-0.3, -0.25) is 8.42 Å². The molecule has 158 valence electrons. The van der Waals surface area contributed by atoms with E-state index in [4.69, 9.17) is 23.3 Å². The average Bonchev–Trinajstić information content (AvgIpc) is 2.50. The molecule has 0 saturated heterocycles. The van der Waals surface area contributed by atoms with Crippen LogP contribution in [0.5, 0.6) is 0 Å². The van der Waals surface area contributed by atoms with Gasteiger partial charge in [0.2, 0.25) is 0 Å². The number of hydrogen-bond acceptors (Lipinski definition) is 10. The van der Waals surface area contributed by atoms with E-state index in [1.807, 2.05) is 0 Å². The summed E-state index contributed by atoms with van der Waals surface area (Å²) in [5.74, 6) is -1.02. The first kappa shape index (κ1) is 36.6. The second-order valence-electron chi connectivity index (χ2n) is 5.48. The molecule has 0 aliphatic heterocycles. The van der Waals surface area contributed by atoms with Gasteiger partial charge in [0.1, 0.15) is 0 Å². The minimum atomic E-state index is -5.17. The molecule has 0 spiro atoms. The van der Waals surface area contributed by atoms with E-state index in [1.54, 1.807) is 0 Å². The Hall–Kier alpha value is 1.21. The predicted octanol–water partition coefficient (Wildman–Crippen LogP) is -4.66. The first-order valence-electron chi connectivity index (χ1n) is 8.50. The first-order chi connectivity index (χ1) is 12.0. The fourth-order valence-corrected chi connectivity index (χ4v) is 2.59. The van der Waals surface area contributed by atoms with Crippen molar-refractivity contribution in [1.29, 1.82) is 0 Å². The summed E-state index contributed by atoms with van der Waals surface area (Å²) >= 11 is 0. The second kappa shape index (κ2) is 22.9. The maximum atomic E-state index is 11.1. The quantitative estimate of drug-likeness (QED) is 0.114. The van der Waals surface area contributed by atoms with Gasteiger partial charge in [0, 0.05) is 10.4 Å². The van der Waals surface area contributed by atoms with Crippen LogP contribution in [-0.2, 0) is 34.0 Å². The molecular weight excluding hydrogens is 436 g/mol. The van der Waals surface area contributed by atoms with Crippen molar-refractivity contribution in [3.8, 4) is 0 Å². The average molecular weight is 465 g/mol. The van der Waals surface area contributed by atoms with Crippen LogP contribution >= 0.6 is 0 Å². The summed E-state index contributed by atoms with van der Waals surface area (Å²) in [6.45, 7) is 1.76. The molecule has 0 unspecified atom stereocenters. The number of nitrogens with two attached hydrogens (primary N) is 1. The molecule has 0 bridgehead atoms. The van der Waals surface area contributed by atoms with Crippen LogP contribution in [0.1, 0.15) is 71.1 Å². The minimum absolute atomic E-state index is 0. The molecule has 0 heterocycles. The second-order valence-corrected chi connectivity index (χ2v) is 7.52. The van der Waals surface area contributed by atoms with E-state index in [1.165, 1.54) is 44.9 Å². The Labute approximate surface area is 213 Å². The van der Waals surface area contributed by atoms with Gasteiger partial charge in [-0.1, -0.05) is 64.7 Å². The van der Waals surface area contributed by atoms with Gasteiger partial charge in [0.25, 0.3) is 0 Å². The van der Waals surface area contributed by atoms with Gasteiger partial charge in [-0.05, 0) is 6.42 Å². The van der Waals surface area contributed by atoms with Crippen molar-refractivity contribution in [3.63, 3.8) is 0 Å². The molecule has 2 N–H and O–H groups in total. The van der Waals surface area contributed by atoms with Gasteiger partial charge >= 0.3 is 75.5 Å². The number of carbonyl (C=O) groups is 1. The summed E-state index contributed by atoms with van der Waals surface area (Å²) < 4.78 is 65.0. The van der Waals surface area contributed by atoms with E-state index in [0.29, 0.717) is 6.42 Å². The summed E-state index contributed by atoms with van der Waals surface area (Å²) in [4.78, 5) is 10.7. The molecule has 0 aliphatic carbocycles. The summed E-state index contributed by atoms with van der Waals surface area (Å²) in [6.07, 6.45) is 11.5. The van der Waals surface area contributed by atoms with E-state index in [9.17, 15) is 13.2 Å². The zero-order valence-corrected chi connectivity index (χ0v) is 22.7. The number of hydrogen-bond donors (Lipinski definition) is 1. The molecule has 0 saturated carbocycles. The molecule has 0 aromatic rings. The zero-order valence-electron chi connectivity index (χ0n) is 17.1. The molecule has 0 rings (SSSR count). The van der Waals surface area contributed by atoms with E-state index in [2.05, 4.69) is 15.3 Å². The molecule has 0 aliphatic rings.